The van der Waals surface area contributed by atoms with Crippen molar-refractivity contribution in [3.05, 3.63) is 111 Å². The van der Waals surface area contributed by atoms with Gasteiger partial charge in [0.15, 0.2) is 0 Å². The van der Waals surface area contributed by atoms with Crippen molar-refractivity contribution in [3.8, 4) is 10.6 Å². The molecule has 1 amide bonds. The van der Waals surface area contributed by atoms with E-state index in [4.69, 9.17) is 11.6 Å². The Kier molecular flexibility index (Phi) is 6.07. The SMILES string of the molecule is O=C(NCc1csc(-c2ccccc2)n1)c1ccc(=O)n(Cc2ccccc2Cl)c1. The second-order valence-corrected chi connectivity index (χ2v) is 7.93. The highest BCUT2D eigenvalue weighted by Crippen LogP contribution is 2.23. The highest BCUT2D eigenvalue weighted by molar-refractivity contribution is 7.13. The topological polar surface area (TPSA) is 64.0 Å². The van der Waals surface area contributed by atoms with E-state index in [0.29, 0.717) is 23.7 Å². The van der Waals surface area contributed by atoms with Crippen LogP contribution in [0.3, 0.4) is 0 Å². The number of amides is 1. The van der Waals surface area contributed by atoms with E-state index in [-0.39, 0.29) is 11.5 Å². The minimum Gasteiger partial charge on any atom is -0.346 e. The first-order valence-corrected chi connectivity index (χ1v) is 10.6. The van der Waals surface area contributed by atoms with E-state index in [1.54, 1.807) is 12.3 Å². The number of aromatic nitrogens is 2. The first-order valence-electron chi connectivity index (χ1n) is 9.32. The smallest absolute Gasteiger partial charge is 0.253 e. The molecule has 0 spiro atoms. The third-order valence-electron chi connectivity index (χ3n) is 4.55. The van der Waals surface area contributed by atoms with E-state index in [9.17, 15) is 9.59 Å². The number of pyridine rings is 1. The standard InChI is InChI=1S/C23H18ClN3O2S/c24-20-9-5-4-8-17(20)13-27-14-18(10-11-21(27)28)22(29)25-12-19-15-30-23(26-19)16-6-2-1-3-7-16/h1-11,14-15H,12-13H2,(H,25,29). The zero-order valence-corrected chi connectivity index (χ0v) is 17.5. The van der Waals surface area contributed by atoms with Crippen LogP contribution in [0, 0.1) is 0 Å². The monoisotopic (exact) mass is 435 g/mol. The highest BCUT2D eigenvalue weighted by atomic mass is 35.5. The lowest BCUT2D eigenvalue weighted by Gasteiger charge is -2.10. The van der Waals surface area contributed by atoms with Crippen molar-refractivity contribution >= 4 is 28.8 Å². The van der Waals surface area contributed by atoms with Gasteiger partial charge in [0.1, 0.15) is 5.01 Å². The van der Waals surface area contributed by atoms with E-state index in [1.807, 2.05) is 53.9 Å². The molecular formula is C23H18ClN3O2S. The third-order valence-corrected chi connectivity index (χ3v) is 5.86. The summed E-state index contributed by atoms with van der Waals surface area (Å²) >= 11 is 7.73. The van der Waals surface area contributed by atoms with Gasteiger partial charge in [-0.3, -0.25) is 9.59 Å². The van der Waals surface area contributed by atoms with Gasteiger partial charge in [-0.05, 0) is 17.7 Å². The number of hydrogen-bond donors (Lipinski definition) is 1. The number of benzene rings is 2. The molecule has 4 aromatic rings. The van der Waals surface area contributed by atoms with Gasteiger partial charge in [0.05, 0.1) is 24.3 Å². The molecule has 150 valence electrons. The Morgan fingerprint density at radius 1 is 1.03 bits per heavy atom. The van der Waals surface area contributed by atoms with Gasteiger partial charge in [0.25, 0.3) is 11.5 Å². The van der Waals surface area contributed by atoms with Gasteiger partial charge in [-0.1, -0.05) is 60.1 Å². The number of rotatable bonds is 6. The van der Waals surface area contributed by atoms with Crippen LogP contribution in [0.25, 0.3) is 10.6 Å². The van der Waals surface area contributed by atoms with Crippen LogP contribution in [0.15, 0.2) is 83.1 Å². The van der Waals surface area contributed by atoms with Crippen LogP contribution in [0.4, 0.5) is 0 Å². The molecular weight excluding hydrogens is 418 g/mol. The lowest BCUT2D eigenvalue weighted by Crippen LogP contribution is -2.26. The first-order chi connectivity index (χ1) is 14.6. The van der Waals surface area contributed by atoms with Crippen LogP contribution in [-0.4, -0.2) is 15.5 Å². The molecule has 30 heavy (non-hydrogen) atoms. The van der Waals surface area contributed by atoms with E-state index in [0.717, 1.165) is 21.8 Å². The van der Waals surface area contributed by atoms with Gasteiger partial charge in [-0.2, -0.15) is 0 Å². The fourth-order valence-electron chi connectivity index (χ4n) is 2.97. The van der Waals surface area contributed by atoms with Crippen molar-refractivity contribution in [1.29, 1.82) is 0 Å². The van der Waals surface area contributed by atoms with Crippen LogP contribution < -0.4 is 10.9 Å². The predicted molar refractivity (Wildman–Crippen MR) is 120 cm³/mol. The summed E-state index contributed by atoms with van der Waals surface area (Å²) in [5, 5.41) is 6.29. The van der Waals surface area contributed by atoms with Gasteiger partial charge in [-0.15, -0.1) is 11.3 Å². The van der Waals surface area contributed by atoms with Gasteiger partial charge in [0.2, 0.25) is 0 Å². The van der Waals surface area contributed by atoms with Gasteiger partial charge in [0, 0.05) is 28.2 Å². The van der Waals surface area contributed by atoms with Crippen molar-refractivity contribution in [2.24, 2.45) is 0 Å². The zero-order valence-electron chi connectivity index (χ0n) is 15.9. The molecule has 0 aliphatic rings. The van der Waals surface area contributed by atoms with Crippen molar-refractivity contribution < 1.29 is 4.79 Å². The summed E-state index contributed by atoms with van der Waals surface area (Å²) in [7, 11) is 0. The van der Waals surface area contributed by atoms with Crippen molar-refractivity contribution in [2.45, 2.75) is 13.1 Å². The Bertz CT molecular complexity index is 1230. The lowest BCUT2D eigenvalue weighted by molar-refractivity contribution is 0.0949. The average molecular weight is 436 g/mol. The number of nitrogens with one attached hydrogen (secondary N) is 1. The van der Waals surface area contributed by atoms with Crippen molar-refractivity contribution in [1.82, 2.24) is 14.9 Å². The summed E-state index contributed by atoms with van der Waals surface area (Å²) < 4.78 is 1.48. The fraction of sp³-hybridized carbons (Fsp3) is 0.0870. The van der Waals surface area contributed by atoms with Crippen molar-refractivity contribution in [2.75, 3.05) is 0 Å². The number of hydrogen-bond acceptors (Lipinski definition) is 4. The lowest BCUT2D eigenvalue weighted by atomic mass is 10.2. The van der Waals surface area contributed by atoms with Crippen molar-refractivity contribution in [3.63, 3.8) is 0 Å². The molecule has 0 bridgehead atoms. The molecule has 1 N–H and O–H groups in total. The normalized spacial score (nSPS) is 10.7. The maximum Gasteiger partial charge on any atom is 0.253 e. The summed E-state index contributed by atoms with van der Waals surface area (Å²) in [4.78, 5) is 29.4. The second kappa shape index (κ2) is 9.07. The van der Waals surface area contributed by atoms with Crippen LogP contribution in [0.2, 0.25) is 5.02 Å². The molecule has 5 nitrogen and oxygen atoms in total. The minimum atomic E-state index is -0.267. The molecule has 0 unspecified atom stereocenters. The number of thiazole rings is 1. The van der Waals surface area contributed by atoms with Gasteiger partial charge < -0.3 is 9.88 Å². The molecule has 0 saturated carbocycles. The predicted octanol–water partition coefficient (Wildman–Crippen LogP) is 4.60. The van der Waals surface area contributed by atoms with Crippen LogP contribution in [0.1, 0.15) is 21.6 Å². The number of nitrogens with zero attached hydrogens (tertiary/aromatic N) is 2. The Morgan fingerprint density at radius 2 is 1.80 bits per heavy atom. The summed E-state index contributed by atoms with van der Waals surface area (Å²) in [5.41, 5.74) is 2.86. The summed E-state index contributed by atoms with van der Waals surface area (Å²) in [6.45, 7) is 0.609. The van der Waals surface area contributed by atoms with Crippen LogP contribution in [-0.2, 0) is 13.1 Å². The average Bonchev–Trinajstić information content (AvgIpc) is 3.25. The molecule has 2 aromatic heterocycles. The first kappa shape index (κ1) is 20.1. The number of carbonyl (C=O) groups excluding carboxylic acids is 1. The van der Waals surface area contributed by atoms with E-state index >= 15 is 0 Å². The summed E-state index contributed by atoms with van der Waals surface area (Å²) in [5.74, 6) is -0.267. The van der Waals surface area contributed by atoms with Crippen LogP contribution in [0.5, 0.6) is 0 Å². The Morgan fingerprint density at radius 3 is 2.60 bits per heavy atom. The maximum absolute atomic E-state index is 12.6. The van der Waals surface area contributed by atoms with Crippen LogP contribution >= 0.6 is 22.9 Å². The second-order valence-electron chi connectivity index (χ2n) is 6.67. The summed E-state index contributed by atoms with van der Waals surface area (Å²) in [6, 6.07) is 20.1. The fourth-order valence-corrected chi connectivity index (χ4v) is 4.00. The highest BCUT2D eigenvalue weighted by Gasteiger charge is 2.11. The summed E-state index contributed by atoms with van der Waals surface area (Å²) in [6.07, 6.45) is 1.55. The molecule has 0 saturated heterocycles. The Hall–Kier alpha value is -3.22. The molecule has 2 aromatic carbocycles. The molecule has 2 heterocycles. The zero-order chi connectivity index (χ0) is 20.9. The minimum absolute atomic E-state index is 0.196. The molecule has 0 fully saturated rings. The van der Waals surface area contributed by atoms with E-state index in [2.05, 4.69) is 10.3 Å². The maximum atomic E-state index is 12.6. The third kappa shape index (κ3) is 4.67. The van der Waals surface area contributed by atoms with E-state index < -0.39 is 0 Å². The van der Waals surface area contributed by atoms with Gasteiger partial charge in [-0.25, -0.2) is 4.98 Å². The molecule has 0 radical (unpaired) electrons. The molecule has 0 aliphatic carbocycles. The van der Waals surface area contributed by atoms with E-state index in [1.165, 1.54) is 28.0 Å². The molecule has 0 atom stereocenters. The van der Waals surface area contributed by atoms with Gasteiger partial charge >= 0.3 is 0 Å². The Balaban J connectivity index is 1.45. The Labute approximate surface area is 182 Å². The molecule has 0 aliphatic heterocycles. The molecule has 4 rings (SSSR count). The molecule has 7 heteroatoms. The quantitative estimate of drug-likeness (QED) is 0.481. The number of halogens is 1. The number of carbonyl (C=O) groups is 1. The largest absolute Gasteiger partial charge is 0.346 e.